The Morgan fingerprint density at radius 2 is 1.79 bits per heavy atom. The number of ether oxygens (including phenoxy) is 2. The van der Waals surface area contributed by atoms with Crippen molar-refractivity contribution in [1.82, 2.24) is 0 Å². The Morgan fingerprint density at radius 1 is 1.04 bits per heavy atom. The summed E-state index contributed by atoms with van der Waals surface area (Å²) in [5.74, 6) is 0.247. The molecule has 2 aromatic rings. The second kappa shape index (κ2) is 9.50. The van der Waals surface area contributed by atoms with E-state index in [1.54, 1.807) is 30.3 Å². The fourth-order valence-corrected chi connectivity index (χ4v) is 2.21. The van der Waals surface area contributed by atoms with Gasteiger partial charge < -0.3 is 9.47 Å². The molecular weight excluding hydrogens is 304 g/mol. The van der Waals surface area contributed by atoms with E-state index in [-0.39, 0.29) is 5.97 Å². The molecule has 0 bridgehead atoms. The van der Waals surface area contributed by atoms with E-state index in [1.807, 2.05) is 18.2 Å². The van der Waals surface area contributed by atoms with Crippen LogP contribution < -0.4 is 4.74 Å². The summed E-state index contributed by atoms with van der Waals surface area (Å²) in [5, 5.41) is 0. The molecule has 4 heteroatoms. The third-order valence-electron chi connectivity index (χ3n) is 3.61. The van der Waals surface area contributed by atoms with E-state index >= 15 is 0 Å². The molecule has 24 heavy (non-hydrogen) atoms. The summed E-state index contributed by atoms with van der Waals surface area (Å²) in [6.45, 7) is 2.90. The molecule has 0 saturated carbocycles. The fourth-order valence-electron chi connectivity index (χ4n) is 2.21. The molecule has 0 radical (unpaired) electrons. The Hall–Kier alpha value is -2.62. The molecule has 2 rings (SSSR count). The van der Waals surface area contributed by atoms with E-state index in [0.717, 1.165) is 31.1 Å². The van der Waals surface area contributed by atoms with Gasteiger partial charge in [0.2, 0.25) is 0 Å². The van der Waals surface area contributed by atoms with Gasteiger partial charge in [0.1, 0.15) is 12.4 Å². The van der Waals surface area contributed by atoms with Crippen LogP contribution in [0.2, 0.25) is 0 Å². The minimum atomic E-state index is -0.301. The maximum atomic E-state index is 11.9. The topological polar surface area (TPSA) is 52.6 Å². The third kappa shape index (κ3) is 5.23. The summed E-state index contributed by atoms with van der Waals surface area (Å²) in [6.07, 6.45) is 3.82. The van der Waals surface area contributed by atoms with Crippen molar-refractivity contribution in [3.63, 3.8) is 0 Å². The summed E-state index contributed by atoms with van der Waals surface area (Å²) >= 11 is 0. The molecule has 0 spiro atoms. The predicted octanol–water partition coefficient (Wildman–Crippen LogP) is 4.43. The van der Waals surface area contributed by atoms with Crippen LogP contribution in [-0.2, 0) is 11.3 Å². The molecule has 0 aliphatic rings. The number of unbranched alkanes of at least 4 members (excludes halogenated alkanes) is 2. The summed E-state index contributed by atoms with van der Waals surface area (Å²) in [7, 11) is 0. The van der Waals surface area contributed by atoms with Crippen molar-refractivity contribution in [1.29, 1.82) is 0 Å². The van der Waals surface area contributed by atoms with Gasteiger partial charge in [0.05, 0.1) is 17.7 Å². The van der Waals surface area contributed by atoms with Crippen LogP contribution in [0.15, 0.2) is 48.5 Å². The smallest absolute Gasteiger partial charge is 0.338 e. The molecular formula is C20H22O4. The molecule has 4 nitrogen and oxygen atoms in total. The first kappa shape index (κ1) is 17.7. The van der Waals surface area contributed by atoms with Gasteiger partial charge in [-0.15, -0.1) is 0 Å². The SMILES string of the molecule is CCCCCOC(=O)c1ccc(COc2ccccc2C=O)cc1. The molecule has 0 atom stereocenters. The summed E-state index contributed by atoms with van der Waals surface area (Å²) in [5.41, 5.74) is 1.96. The molecule has 0 aromatic heterocycles. The van der Waals surface area contributed by atoms with Crippen LogP contribution in [0.25, 0.3) is 0 Å². The molecule has 0 aliphatic carbocycles. The van der Waals surface area contributed by atoms with Crippen LogP contribution in [0.4, 0.5) is 0 Å². The Morgan fingerprint density at radius 3 is 2.50 bits per heavy atom. The molecule has 0 saturated heterocycles. The number of benzene rings is 2. The van der Waals surface area contributed by atoms with E-state index in [0.29, 0.717) is 30.1 Å². The normalized spacial score (nSPS) is 10.2. The Balaban J connectivity index is 1.87. The minimum absolute atomic E-state index is 0.301. The second-order valence-corrected chi connectivity index (χ2v) is 5.48. The third-order valence-corrected chi connectivity index (χ3v) is 3.61. The molecule has 0 N–H and O–H groups in total. The Bertz CT molecular complexity index is 662. The van der Waals surface area contributed by atoms with Crippen molar-refractivity contribution >= 4 is 12.3 Å². The molecule has 0 heterocycles. The van der Waals surface area contributed by atoms with Gasteiger partial charge in [-0.3, -0.25) is 4.79 Å². The van der Waals surface area contributed by atoms with Crippen molar-refractivity contribution in [3.8, 4) is 5.75 Å². The number of esters is 1. The Labute approximate surface area is 142 Å². The molecule has 0 fully saturated rings. The van der Waals surface area contributed by atoms with Crippen LogP contribution in [0.1, 0.15) is 52.5 Å². The number of para-hydroxylation sites is 1. The van der Waals surface area contributed by atoms with Gasteiger partial charge in [0, 0.05) is 0 Å². The first-order chi connectivity index (χ1) is 11.7. The molecule has 2 aromatic carbocycles. The van der Waals surface area contributed by atoms with Crippen LogP contribution in [-0.4, -0.2) is 18.9 Å². The lowest BCUT2D eigenvalue weighted by Crippen LogP contribution is -2.06. The first-order valence-electron chi connectivity index (χ1n) is 8.17. The number of carbonyl (C=O) groups excluding carboxylic acids is 2. The van der Waals surface area contributed by atoms with Gasteiger partial charge in [0.15, 0.2) is 6.29 Å². The van der Waals surface area contributed by atoms with Crippen molar-refractivity contribution in [2.75, 3.05) is 6.61 Å². The van der Waals surface area contributed by atoms with Crippen molar-refractivity contribution in [3.05, 3.63) is 65.2 Å². The highest BCUT2D eigenvalue weighted by molar-refractivity contribution is 5.89. The zero-order valence-electron chi connectivity index (χ0n) is 13.9. The molecule has 0 amide bonds. The van der Waals surface area contributed by atoms with Gasteiger partial charge in [-0.2, -0.15) is 0 Å². The van der Waals surface area contributed by atoms with E-state index in [1.165, 1.54) is 0 Å². The van der Waals surface area contributed by atoms with Crippen LogP contribution >= 0.6 is 0 Å². The van der Waals surface area contributed by atoms with E-state index in [9.17, 15) is 9.59 Å². The van der Waals surface area contributed by atoms with E-state index in [4.69, 9.17) is 9.47 Å². The predicted molar refractivity (Wildman–Crippen MR) is 92.4 cm³/mol. The van der Waals surface area contributed by atoms with Gasteiger partial charge in [-0.1, -0.05) is 44.0 Å². The maximum Gasteiger partial charge on any atom is 0.338 e. The van der Waals surface area contributed by atoms with Crippen molar-refractivity contribution < 1.29 is 19.1 Å². The quantitative estimate of drug-likeness (QED) is 0.389. The number of carbonyl (C=O) groups is 2. The Kier molecular flexibility index (Phi) is 7.02. The van der Waals surface area contributed by atoms with E-state index in [2.05, 4.69) is 6.92 Å². The number of rotatable bonds is 9. The average molecular weight is 326 g/mol. The monoisotopic (exact) mass is 326 g/mol. The van der Waals surface area contributed by atoms with Gasteiger partial charge in [0.25, 0.3) is 0 Å². The number of hydrogen-bond donors (Lipinski definition) is 0. The van der Waals surface area contributed by atoms with Crippen molar-refractivity contribution in [2.24, 2.45) is 0 Å². The molecule has 126 valence electrons. The lowest BCUT2D eigenvalue weighted by molar-refractivity contribution is 0.0498. The summed E-state index contributed by atoms with van der Waals surface area (Å²) in [6, 6.07) is 14.2. The summed E-state index contributed by atoms with van der Waals surface area (Å²) < 4.78 is 10.9. The number of aldehydes is 1. The van der Waals surface area contributed by atoms with Crippen LogP contribution in [0, 0.1) is 0 Å². The lowest BCUT2D eigenvalue weighted by Gasteiger charge is -2.09. The standard InChI is InChI=1S/C20H22O4/c1-2-3-6-13-23-20(22)17-11-9-16(10-12-17)15-24-19-8-5-4-7-18(19)14-21/h4-5,7-12,14H,2-3,6,13,15H2,1H3. The largest absolute Gasteiger partial charge is 0.488 e. The lowest BCUT2D eigenvalue weighted by atomic mass is 10.1. The summed E-state index contributed by atoms with van der Waals surface area (Å²) in [4.78, 5) is 22.8. The molecule has 0 aliphatic heterocycles. The van der Waals surface area contributed by atoms with E-state index < -0.39 is 0 Å². The molecule has 0 unspecified atom stereocenters. The van der Waals surface area contributed by atoms with Crippen molar-refractivity contribution in [2.45, 2.75) is 32.8 Å². The minimum Gasteiger partial charge on any atom is -0.488 e. The zero-order valence-corrected chi connectivity index (χ0v) is 13.9. The highest BCUT2D eigenvalue weighted by Crippen LogP contribution is 2.17. The van der Waals surface area contributed by atoms with Crippen LogP contribution in [0.5, 0.6) is 5.75 Å². The second-order valence-electron chi connectivity index (χ2n) is 5.48. The zero-order chi connectivity index (χ0) is 17.2. The average Bonchev–Trinajstić information content (AvgIpc) is 2.64. The highest BCUT2D eigenvalue weighted by Gasteiger charge is 2.07. The van der Waals surface area contributed by atoms with Crippen LogP contribution in [0.3, 0.4) is 0 Å². The highest BCUT2D eigenvalue weighted by atomic mass is 16.5. The number of hydrogen-bond acceptors (Lipinski definition) is 4. The maximum absolute atomic E-state index is 11.9. The van der Waals surface area contributed by atoms with Gasteiger partial charge in [-0.05, 0) is 36.2 Å². The van der Waals surface area contributed by atoms with Gasteiger partial charge in [-0.25, -0.2) is 4.79 Å². The fraction of sp³-hybridized carbons (Fsp3) is 0.300. The van der Waals surface area contributed by atoms with Gasteiger partial charge >= 0.3 is 5.97 Å². The first-order valence-corrected chi connectivity index (χ1v) is 8.17.